The van der Waals surface area contributed by atoms with E-state index in [4.69, 9.17) is 11.6 Å². The summed E-state index contributed by atoms with van der Waals surface area (Å²) in [5.41, 5.74) is 2.08. The fourth-order valence-electron chi connectivity index (χ4n) is 2.72. The molecule has 6 heteroatoms. The normalized spacial score (nSPS) is 15.0. The molecule has 0 atom stereocenters. The highest BCUT2D eigenvalue weighted by Gasteiger charge is 2.20. The molecule has 0 unspecified atom stereocenters. The fourth-order valence-corrected chi connectivity index (χ4v) is 3.72. The van der Waals surface area contributed by atoms with Gasteiger partial charge in [0.15, 0.2) is 5.13 Å². The molecule has 1 heterocycles. The molecule has 2 aromatic rings. The number of carbonyl (C=O) groups excluding carboxylic acids is 1. The van der Waals surface area contributed by atoms with Gasteiger partial charge in [-0.2, -0.15) is 0 Å². The third-order valence-electron chi connectivity index (χ3n) is 3.86. The fraction of sp³-hybridized carbons (Fsp3) is 0.375. The van der Waals surface area contributed by atoms with E-state index < -0.39 is 0 Å². The molecule has 1 aliphatic carbocycles. The van der Waals surface area contributed by atoms with Gasteiger partial charge in [-0.1, -0.05) is 36.6 Å². The maximum Gasteiger partial charge on any atom is 0.321 e. The predicted molar refractivity (Wildman–Crippen MR) is 90.6 cm³/mol. The number of halogens is 1. The highest BCUT2D eigenvalue weighted by atomic mass is 35.5. The summed E-state index contributed by atoms with van der Waals surface area (Å²) in [4.78, 5) is 16.4. The number of benzene rings is 1. The molecule has 22 heavy (non-hydrogen) atoms. The second-order valence-corrected chi connectivity index (χ2v) is 6.79. The summed E-state index contributed by atoms with van der Waals surface area (Å²) in [6.45, 7) is 0.438. The number of anilines is 1. The van der Waals surface area contributed by atoms with Crippen LogP contribution in [0.5, 0.6) is 0 Å². The number of carbonyl (C=O) groups is 1. The Kier molecular flexibility index (Phi) is 4.95. The zero-order valence-corrected chi connectivity index (χ0v) is 13.7. The van der Waals surface area contributed by atoms with E-state index in [1.165, 1.54) is 37.0 Å². The first kappa shape index (κ1) is 15.3. The van der Waals surface area contributed by atoms with E-state index in [-0.39, 0.29) is 6.03 Å². The summed E-state index contributed by atoms with van der Waals surface area (Å²) in [6, 6.07) is 7.20. The smallest absolute Gasteiger partial charge is 0.321 e. The average Bonchev–Trinajstić information content (AvgIpc) is 3.16. The van der Waals surface area contributed by atoms with Gasteiger partial charge in [-0.15, -0.1) is 11.3 Å². The lowest BCUT2D eigenvalue weighted by Gasteiger charge is -2.06. The molecular weight excluding hydrogens is 318 g/mol. The van der Waals surface area contributed by atoms with Gasteiger partial charge in [0, 0.05) is 22.9 Å². The Balaban J connectivity index is 1.51. The molecule has 2 amide bonds. The SMILES string of the molecule is O=C(NCc1cccc(Cl)c1)Nc1nc(C2CCCC2)cs1. The van der Waals surface area contributed by atoms with Crippen molar-refractivity contribution in [3.05, 3.63) is 45.9 Å². The number of hydrogen-bond donors (Lipinski definition) is 2. The van der Waals surface area contributed by atoms with Crippen LogP contribution in [0.2, 0.25) is 5.02 Å². The first-order valence-electron chi connectivity index (χ1n) is 7.45. The highest BCUT2D eigenvalue weighted by Crippen LogP contribution is 2.35. The lowest BCUT2D eigenvalue weighted by molar-refractivity contribution is 0.251. The van der Waals surface area contributed by atoms with Crippen molar-refractivity contribution < 1.29 is 4.79 Å². The van der Waals surface area contributed by atoms with Crippen LogP contribution in [0.4, 0.5) is 9.93 Å². The van der Waals surface area contributed by atoms with Crippen molar-refractivity contribution in [2.45, 2.75) is 38.1 Å². The Hall–Kier alpha value is -1.59. The minimum absolute atomic E-state index is 0.243. The van der Waals surface area contributed by atoms with E-state index in [2.05, 4.69) is 21.0 Å². The molecule has 0 spiro atoms. The average molecular weight is 336 g/mol. The molecule has 0 aliphatic heterocycles. The van der Waals surface area contributed by atoms with Crippen LogP contribution in [0, 0.1) is 0 Å². The van der Waals surface area contributed by atoms with Gasteiger partial charge in [-0.25, -0.2) is 9.78 Å². The Bertz CT molecular complexity index is 652. The van der Waals surface area contributed by atoms with Gasteiger partial charge in [0.05, 0.1) is 5.69 Å². The molecule has 0 bridgehead atoms. The molecule has 3 rings (SSSR count). The number of urea groups is 1. The summed E-state index contributed by atoms with van der Waals surface area (Å²) < 4.78 is 0. The number of hydrogen-bond acceptors (Lipinski definition) is 3. The minimum atomic E-state index is -0.243. The molecule has 0 radical (unpaired) electrons. The molecule has 1 aromatic carbocycles. The Morgan fingerprint density at radius 2 is 2.18 bits per heavy atom. The second kappa shape index (κ2) is 7.11. The Morgan fingerprint density at radius 1 is 1.36 bits per heavy atom. The van der Waals surface area contributed by atoms with E-state index in [0.29, 0.717) is 22.6 Å². The van der Waals surface area contributed by atoms with Gasteiger partial charge in [0.1, 0.15) is 0 Å². The maximum atomic E-state index is 11.9. The molecule has 2 N–H and O–H groups in total. The summed E-state index contributed by atoms with van der Waals surface area (Å²) in [6.07, 6.45) is 4.99. The van der Waals surface area contributed by atoms with Crippen molar-refractivity contribution in [1.82, 2.24) is 10.3 Å². The standard InChI is InChI=1S/C16H18ClN3OS/c17-13-7-3-4-11(8-13)9-18-15(21)20-16-19-14(10-22-16)12-5-1-2-6-12/h3-4,7-8,10,12H,1-2,5-6,9H2,(H2,18,19,20,21). The summed E-state index contributed by atoms with van der Waals surface area (Å²) in [5, 5.41) is 8.99. The number of nitrogens with zero attached hydrogens (tertiary/aromatic N) is 1. The minimum Gasteiger partial charge on any atom is -0.334 e. The number of rotatable bonds is 4. The van der Waals surface area contributed by atoms with Crippen molar-refractivity contribution in [2.24, 2.45) is 0 Å². The molecule has 1 fully saturated rings. The zero-order chi connectivity index (χ0) is 15.4. The van der Waals surface area contributed by atoms with Crippen LogP contribution in [0.1, 0.15) is 42.9 Å². The molecule has 4 nitrogen and oxygen atoms in total. The van der Waals surface area contributed by atoms with Crippen LogP contribution in [-0.4, -0.2) is 11.0 Å². The van der Waals surface area contributed by atoms with E-state index in [0.717, 1.165) is 11.3 Å². The van der Waals surface area contributed by atoms with Crippen LogP contribution in [0.25, 0.3) is 0 Å². The van der Waals surface area contributed by atoms with Crippen molar-refractivity contribution in [1.29, 1.82) is 0 Å². The quantitative estimate of drug-likeness (QED) is 0.845. The van der Waals surface area contributed by atoms with E-state index >= 15 is 0 Å². The van der Waals surface area contributed by atoms with E-state index in [1.54, 1.807) is 0 Å². The number of amides is 2. The monoisotopic (exact) mass is 335 g/mol. The summed E-state index contributed by atoms with van der Waals surface area (Å²) in [5.74, 6) is 0.571. The van der Waals surface area contributed by atoms with Crippen LogP contribution in [-0.2, 0) is 6.54 Å². The number of thiazole rings is 1. The first-order chi connectivity index (χ1) is 10.7. The van der Waals surface area contributed by atoms with Crippen LogP contribution < -0.4 is 10.6 Å². The molecule has 1 aliphatic rings. The molecule has 1 saturated carbocycles. The molecule has 0 saturated heterocycles. The zero-order valence-electron chi connectivity index (χ0n) is 12.1. The lowest BCUT2D eigenvalue weighted by Crippen LogP contribution is -2.28. The predicted octanol–water partition coefficient (Wildman–Crippen LogP) is 4.78. The summed E-state index contributed by atoms with van der Waals surface area (Å²) >= 11 is 7.40. The van der Waals surface area contributed by atoms with Gasteiger partial charge in [0.2, 0.25) is 0 Å². The van der Waals surface area contributed by atoms with Gasteiger partial charge in [-0.3, -0.25) is 5.32 Å². The van der Waals surface area contributed by atoms with Crippen molar-refractivity contribution >= 4 is 34.1 Å². The third kappa shape index (κ3) is 3.99. The summed E-state index contributed by atoms with van der Waals surface area (Å²) in [7, 11) is 0. The first-order valence-corrected chi connectivity index (χ1v) is 8.71. The molecular formula is C16H18ClN3OS. The largest absolute Gasteiger partial charge is 0.334 e. The van der Waals surface area contributed by atoms with Crippen molar-refractivity contribution in [3.8, 4) is 0 Å². The van der Waals surface area contributed by atoms with Crippen LogP contribution in [0.15, 0.2) is 29.6 Å². The number of nitrogens with one attached hydrogen (secondary N) is 2. The second-order valence-electron chi connectivity index (χ2n) is 5.50. The van der Waals surface area contributed by atoms with Gasteiger partial charge in [0.25, 0.3) is 0 Å². The van der Waals surface area contributed by atoms with Crippen LogP contribution in [0.3, 0.4) is 0 Å². The molecule has 116 valence electrons. The van der Waals surface area contributed by atoms with E-state index in [1.807, 2.05) is 24.3 Å². The Morgan fingerprint density at radius 3 is 2.95 bits per heavy atom. The molecule has 1 aromatic heterocycles. The maximum absolute atomic E-state index is 11.9. The van der Waals surface area contributed by atoms with Crippen LogP contribution >= 0.6 is 22.9 Å². The van der Waals surface area contributed by atoms with Gasteiger partial charge in [-0.05, 0) is 30.5 Å². The lowest BCUT2D eigenvalue weighted by atomic mass is 10.1. The Labute approximate surface area is 138 Å². The van der Waals surface area contributed by atoms with E-state index in [9.17, 15) is 4.79 Å². The van der Waals surface area contributed by atoms with Gasteiger partial charge < -0.3 is 5.32 Å². The van der Waals surface area contributed by atoms with Crippen molar-refractivity contribution in [3.63, 3.8) is 0 Å². The van der Waals surface area contributed by atoms with Crippen molar-refractivity contribution in [2.75, 3.05) is 5.32 Å². The highest BCUT2D eigenvalue weighted by molar-refractivity contribution is 7.13. The topological polar surface area (TPSA) is 54.0 Å². The third-order valence-corrected chi connectivity index (χ3v) is 4.87. The number of aromatic nitrogens is 1. The van der Waals surface area contributed by atoms with Gasteiger partial charge >= 0.3 is 6.03 Å².